The first-order chi connectivity index (χ1) is 17.1. The molecule has 10 nitrogen and oxygen atoms in total. The van der Waals surface area contributed by atoms with Crippen LogP contribution in [0.25, 0.3) is 11.3 Å². The van der Waals surface area contributed by atoms with E-state index >= 15 is 0 Å². The van der Waals surface area contributed by atoms with Gasteiger partial charge in [0.25, 0.3) is 5.69 Å². The van der Waals surface area contributed by atoms with Crippen molar-refractivity contribution in [1.82, 2.24) is 15.0 Å². The number of carbonyl (C=O) groups is 1. The molecule has 0 fully saturated rings. The molecular weight excluding hydrogens is 446 g/mol. The molecule has 0 bridgehead atoms. The predicted molar refractivity (Wildman–Crippen MR) is 134 cm³/mol. The van der Waals surface area contributed by atoms with E-state index in [9.17, 15) is 14.9 Å². The number of hydrogen-bond acceptors (Lipinski definition) is 8. The van der Waals surface area contributed by atoms with Crippen LogP contribution in [0.1, 0.15) is 5.56 Å². The van der Waals surface area contributed by atoms with Crippen LogP contribution in [0.5, 0.6) is 0 Å². The van der Waals surface area contributed by atoms with Gasteiger partial charge in [0.05, 0.1) is 17.2 Å². The first kappa shape index (κ1) is 23.3. The van der Waals surface area contributed by atoms with Gasteiger partial charge in [-0.25, -0.2) is 15.0 Å². The normalized spacial score (nSPS) is 10.4. The zero-order valence-electron chi connectivity index (χ0n) is 18.7. The molecule has 0 atom stereocenters. The molecule has 0 aliphatic heterocycles. The van der Waals surface area contributed by atoms with Crippen molar-refractivity contribution in [3.05, 3.63) is 101 Å². The Kier molecular flexibility index (Phi) is 7.54. The fraction of sp³-hybridized carbons (Fsp3) is 0.120. The quantitative estimate of drug-likeness (QED) is 0.145. The van der Waals surface area contributed by atoms with Gasteiger partial charge in [0.2, 0.25) is 12.4 Å². The number of nitro groups is 1. The van der Waals surface area contributed by atoms with Crippen molar-refractivity contribution in [1.29, 1.82) is 0 Å². The van der Waals surface area contributed by atoms with E-state index in [-0.39, 0.29) is 5.69 Å². The summed E-state index contributed by atoms with van der Waals surface area (Å²) < 4.78 is 0. The third kappa shape index (κ3) is 6.35. The molecule has 10 heteroatoms. The fourth-order valence-corrected chi connectivity index (χ4v) is 3.36. The molecular formula is C25H23N7O3. The summed E-state index contributed by atoms with van der Waals surface area (Å²) in [4.78, 5) is 36.3. The monoisotopic (exact) mass is 469 g/mol. The maximum atomic E-state index is 11.6. The Hall–Kier alpha value is -4.86. The highest BCUT2D eigenvalue weighted by atomic mass is 16.6. The molecule has 2 heterocycles. The van der Waals surface area contributed by atoms with Crippen LogP contribution in [-0.2, 0) is 11.3 Å². The number of pyridine rings is 1. The second-order valence-electron chi connectivity index (χ2n) is 7.54. The molecule has 0 aliphatic rings. The molecule has 0 unspecified atom stereocenters. The summed E-state index contributed by atoms with van der Waals surface area (Å²) in [6, 6.07) is 22.2. The molecule has 4 aromatic rings. The fourth-order valence-electron chi connectivity index (χ4n) is 3.36. The summed E-state index contributed by atoms with van der Waals surface area (Å²) in [6.07, 6.45) is 3.72. The molecule has 4 rings (SSSR count). The van der Waals surface area contributed by atoms with Gasteiger partial charge < -0.3 is 15.5 Å². The van der Waals surface area contributed by atoms with E-state index in [2.05, 4.69) is 25.6 Å². The molecule has 0 aliphatic carbocycles. The van der Waals surface area contributed by atoms with Crippen LogP contribution in [0.2, 0.25) is 0 Å². The number of amides is 1. The van der Waals surface area contributed by atoms with Crippen LogP contribution in [0.4, 0.5) is 23.1 Å². The molecule has 0 radical (unpaired) electrons. The molecule has 1 amide bonds. The molecule has 2 aromatic carbocycles. The summed E-state index contributed by atoms with van der Waals surface area (Å²) in [6.45, 7) is 1.54. The van der Waals surface area contributed by atoms with Gasteiger partial charge in [-0.3, -0.25) is 14.9 Å². The Balaban J connectivity index is 1.33. The second kappa shape index (κ2) is 11.3. The van der Waals surface area contributed by atoms with Crippen LogP contribution in [-0.4, -0.2) is 39.4 Å². The van der Waals surface area contributed by atoms with Crippen molar-refractivity contribution in [2.24, 2.45) is 0 Å². The number of nitrogens with one attached hydrogen (secondary N) is 2. The zero-order chi connectivity index (χ0) is 24.5. The van der Waals surface area contributed by atoms with Crippen LogP contribution in [0, 0.1) is 10.1 Å². The molecule has 0 saturated heterocycles. The summed E-state index contributed by atoms with van der Waals surface area (Å²) >= 11 is 0. The first-order valence-electron chi connectivity index (χ1n) is 10.9. The van der Waals surface area contributed by atoms with Crippen molar-refractivity contribution >= 4 is 29.6 Å². The third-order valence-electron chi connectivity index (χ3n) is 5.15. The highest BCUT2D eigenvalue weighted by Gasteiger charge is 2.08. The molecule has 2 aromatic heterocycles. The van der Waals surface area contributed by atoms with Crippen LogP contribution in [0.3, 0.4) is 0 Å². The summed E-state index contributed by atoms with van der Waals surface area (Å²) in [5, 5.41) is 16.9. The van der Waals surface area contributed by atoms with E-state index < -0.39 is 4.92 Å². The van der Waals surface area contributed by atoms with Crippen molar-refractivity contribution in [3.63, 3.8) is 0 Å². The van der Waals surface area contributed by atoms with Crippen molar-refractivity contribution in [2.75, 3.05) is 28.6 Å². The van der Waals surface area contributed by atoms with E-state index in [1.165, 1.54) is 12.3 Å². The second-order valence-corrected chi connectivity index (χ2v) is 7.54. The van der Waals surface area contributed by atoms with Gasteiger partial charge in [-0.2, -0.15) is 0 Å². The summed E-state index contributed by atoms with van der Waals surface area (Å²) in [5.41, 5.74) is 3.44. The Morgan fingerprint density at radius 2 is 1.69 bits per heavy atom. The van der Waals surface area contributed by atoms with Crippen LogP contribution in [0.15, 0.2) is 85.2 Å². The van der Waals surface area contributed by atoms with Crippen LogP contribution < -0.4 is 15.5 Å². The van der Waals surface area contributed by atoms with Gasteiger partial charge in [-0.15, -0.1) is 0 Å². The van der Waals surface area contributed by atoms with E-state index in [0.29, 0.717) is 31.4 Å². The molecule has 35 heavy (non-hydrogen) atoms. The average molecular weight is 470 g/mol. The van der Waals surface area contributed by atoms with Gasteiger partial charge >= 0.3 is 0 Å². The number of carbonyl (C=O) groups excluding carboxylic acids is 1. The largest absolute Gasteiger partial charge is 0.368 e. The average Bonchev–Trinajstić information content (AvgIpc) is 2.91. The SMILES string of the molecule is O=CN(Cc1ccccc1)c1ccc(-c2ccnc(NCCNc3ccc([N+](=O)[O-])cn3)n2)cc1. The minimum Gasteiger partial charge on any atom is -0.368 e. The zero-order valence-corrected chi connectivity index (χ0v) is 18.7. The van der Waals surface area contributed by atoms with E-state index in [1.54, 1.807) is 17.2 Å². The third-order valence-corrected chi connectivity index (χ3v) is 5.15. The molecule has 176 valence electrons. The minimum absolute atomic E-state index is 0.0537. The minimum atomic E-state index is -0.487. The highest BCUT2D eigenvalue weighted by Crippen LogP contribution is 2.23. The Bertz CT molecular complexity index is 1270. The molecule has 0 saturated carbocycles. The maximum Gasteiger partial charge on any atom is 0.287 e. The molecule has 0 spiro atoms. The van der Waals surface area contributed by atoms with Crippen molar-refractivity contribution in [2.45, 2.75) is 6.54 Å². The van der Waals surface area contributed by atoms with E-state index in [1.807, 2.05) is 60.7 Å². The lowest BCUT2D eigenvalue weighted by Gasteiger charge is -2.18. The standard InChI is InChI=1S/C25H23N7O3/c33-18-31(17-19-4-2-1-3-5-19)21-8-6-20(7-9-21)23-12-13-27-25(30-23)28-15-14-26-24-11-10-22(16-29-24)32(34)35/h1-13,16,18H,14-15,17H2,(H,26,29)(H,27,28,30). The Morgan fingerprint density at radius 1 is 0.914 bits per heavy atom. The van der Waals surface area contributed by atoms with E-state index in [4.69, 9.17) is 0 Å². The highest BCUT2D eigenvalue weighted by molar-refractivity contribution is 5.76. The van der Waals surface area contributed by atoms with E-state index in [0.717, 1.165) is 28.9 Å². The summed E-state index contributed by atoms with van der Waals surface area (Å²) in [7, 11) is 0. The Morgan fingerprint density at radius 3 is 2.37 bits per heavy atom. The van der Waals surface area contributed by atoms with Crippen molar-refractivity contribution in [3.8, 4) is 11.3 Å². The smallest absolute Gasteiger partial charge is 0.287 e. The molecule has 2 N–H and O–H groups in total. The number of benzene rings is 2. The van der Waals surface area contributed by atoms with Gasteiger partial charge in [0.1, 0.15) is 12.0 Å². The topological polar surface area (TPSA) is 126 Å². The van der Waals surface area contributed by atoms with Gasteiger partial charge in [0.15, 0.2) is 0 Å². The first-order valence-corrected chi connectivity index (χ1v) is 10.9. The number of anilines is 3. The number of aromatic nitrogens is 3. The lowest BCUT2D eigenvalue weighted by atomic mass is 10.1. The maximum absolute atomic E-state index is 11.6. The van der Waals surface area contributed by atoms with Gasteiger partial charge in [-0.1, -0.05) is 42.5 Å². The Labute approximate surface area is 201 Å². The lowest BCUT2D eigenvalue weighted by molar-refractivity contribution is -0.385. The van der Waals surface area contributed by atoms with Gasteiger partial charge in [0, 0.05) is 36.6 Å². The van der Waals surface area contributed by atoms with Gasteiger partial charge in [-0.05, 0) is 29.8 Å². The van der Waals surface area contributed by atoms with Crippen molar-refractivity contribution < 1.29 is 9.72 Å². The number of hydrogen-bond donors (Lipinski definition) is 2. The summed E-state index contributed by atoms with van der Waals surface area (Å²) in [5.74, 6) is 1.02. The lowest BCUT2D eigenvalue weighted by Crippen LogP contribution is -2.20. The van der Waals surface area contributed by atoms with Crippen LogP contribution >= 0.6 is 0 Å². The number of rotatable bonds is 11. The predicted octanol–water partition coefficient (Wildman–Crippen LogP) is 4.13. The number of nitrogens with zero attached hydrogens (tertiary/aromatic N) is 5.